The first-order chi connectivity index (χ1) is 26.8. The Morgan fingerprint density at radius 1 is 0.426 bits per heavy atom. The second kappa shape index (κ2) is 13.9. The standard InChI is InChI=1S/C52H42N2/c1-4-15-37(16-5-1)38-29-31-43(32-30-38)53(45-33-34-49-48-25-10-11-28-50(48)54(51(49)36-45)42-22-8-3-9-23-42)44-24-12-21-41(35-44)47-27-14-20-40-19-13-26-46(52(40)47)39-17-6-2-7-18-39/h2-3,6-14,17-37H,1,4-5,15-16H2. The Labute approximate surface area is 317 Å². The summed E-state index contributed by atoms with van der Waals surface area (Å²) in [6, 6.07) is 69.3. The molecule has 1 saturated carbocycles. The Bertz CT molecular complexity index is 2730. The van der Waals surface area contributed by atoms with Gasteiger partial charge in [-0.25, -0.2) is 0 Å². The second-order valence-corrected chi connectivity index (χ2v) is 14.8. The minimum absolute atomic E-state index is 0.660. The van der Waals surface area contributed by atoms with E-state index in [2.05, 4.69) is 198 Å². The Morgan fingerprint density at radius 3 is 1.81 bits per heavy atom. The maximum absolute atomic E-state index is 2.45. The van der Waals surface area contributed by atoms with Gasteiger partial charge in [-0.3, -0.25) is 0 Å². The number of rotatable bonds is 7. The lowest BCUT2D eigenvalue weighted by Crippen LogP contribution is -2.11. The van der Waals surface area contributed by atoms with Gasteiger partial charge in [0.25, 0.3) is 0 Å². The van der Waals surface area contributed by atoms with E-state index in [0.717, 1.165) is 22.7 Å². The molecule has 54 heavy (non-hydrogen) atoms. The normalized spacial score (nSPS) is 13.5. The molecule has 2 heteroatoms. The maximum Gasteiger partial charge on any atom is 0.0561 e. The van der Waals surface area contributed by atoms with E-state index in [9.17, 15) is 0 Å². The first-order valence-electron chi connectivity index (χ1n) is 19.5. The number of para-hydroxylation sites is 2. The number of hydrogen-bond donors (Lipinski definition) is 0. The molecule has 0 saturated heterocycles. The van der Waals surface area contributed by atoms with Crippen molar-refractivity contribution in [1.29, 1.82) is 0 Å². The molecular weight excluding hydrogens is 653 g/mol. The summed E-state index contributed by atoms with van der Waals surface area (Å²) in [5.41, 5.74) is 13.4. The predicted octanol–water partition coefficient (Wildman–Crippen LogP) is 14.8. The van der Waals surface area contributed by atoms with Gasteiger partial charge in [-0.2, -0.15) is 0 Å². The molecule has 1 heterocycles. The SMILES string of the molecule is c1ccc(-c2cccc3cccc(-c4cccc(N(c5ccc(C6CCCCC6)cc5)c5ccc6c7ccccc7n(-c7ccccc7)c6c5)c4)c23)cc1. The highest BCUT2D eigenvalue weighted by Crippen LogP contribution is 2.43. The third-order valence-corrected chi connectivity index (χ3v) is 11.6. The maximum atomic E-state index is 2.45. The van der Waals surface area contributed by atoms with Gasteiger partial charge in [0.2, 0.25) is 0 Å². The highest BCUT2D eigenvalue weighted by molar-refractivity contribution is 6.11. The van der Waals surface area contributed by atoms with E-state index in [1.165, 1.54) is 92.5 Å². The summed E-state index contributed by atoms with van der Waals surface area (Å²) in [4.78, 5) is 2.45. The third kappa shape index (κ3) is 5.76. The van der Waals surface area contributed by atoms with Crippen LogP contribution in [0.2, 0.25) is 0 Å². The van der Waals surface area contributed by atoms with Crippen molar-refractivity contribution in [1.82, 2.24) is 4.57 Å². The summed E-state index contributed by atoms with van der Waals surface area (Å²) in [5, 5.41) is 5.04. The average molecular weight is 695 g/mol. The van der Waals surface area contributed by atoms with E-state index in [-0.39, 0.29) is 0 Å². The predicted molar refractivity (Wildman–Crippen MR) is 230 cm³/mol. The Hall–Kier alpha value is -6.38. The molecule has 0 radical (unpaired) electrons. The zero-order chi connectivity index (χ0) is 35.8. The Balaban J connectivity index is 1.16. The fourth-order valence-corrected chi connectivity index (χ4v) is 8.98. The summed E-state index contributed by atoms with van der Waals surface area (Å²) in [5.74, 6) is 0.660. The fourth-order valence-electron chi connectivity index (χ4n) is 8.98. The van der Waals surface area contributed by atoms with Crippen LogP contribution in [0.1, 0.15) is 43.6 Å². The van der Waals surface area contributed by atoms with E-state index in [1.54, 1.807) is 0 Å². The molecular formula is C52H42N2. The van der Waals surface area contributed by atoms with Crippen LogP contribution >= 0.6 is 0 Å². The van der Waals surface area contributed by atoms with Crippen molar-refractivity contribution in [2.24, 2.45) is 0 Å². The molecule has 0 spiro atoms. The zero-order valence-corrected chi connectivity index (χ0v) is 30.4. The topological polar surface area (TPSA) is 8.17 Å². The molecule has 0 bridgehead atoms. The fraction of sp³-hybridized carbons (Fsp3) is 0.115. The van der Waals surface area contributed by atoms with E-state index in [1.807, 2.05) is 0 Å². The molecule has 1 aliphatic carbocycles. The average Bonchev–Trinajstić information content (AvgIpc) is 3.58. The van der Waals surface area contributed by atoms with Gasteiger partial charge >= 0.3 is 0 Å². The van der Waals surface area contributed by atoms with Crippen LogP contribution in [0, 0.1) is 0 Å². The van der Waals surface area contributed by atoms with Crippen molar-refractivity contribution in [2.45, 2.75) is 38.0 Å². The molecule has 0 atom stereocenters. The zero-order valence-electron chi connectivity index (χ0n) is 30.4. The number of hydrogen-bond acceptors (Lipinski definition) is 1. The first kappa shape index (κ1) is 32.3. The van der Waals surface area contributed by atoms with Crippen molar-refractivity contribution in [2.75, 3.05) is 4.90 Å². The largest absolute Gasteiger partial charge is 0.310 e. The molecule has 9 aromatic rings. The minimum Gasteiger partial charge on any atom is -0.310 e. The van der Waals surface area contributed by atoms with Gasteiger partial charge in [-0.1, -0.05) is 153 Å². The molecule has 0 amide bonds. The lowest BCUT2D eigenvalue weighted by Gasteiger charge is -2.28. The van der Waals surface area contributed by atoms with Crippen molar-refractivity contribution in [3.63, 3.8) is 0 Å². The van der Waals surface area contributed by atoms with Crippen LogP contribution in [0.15, 0.2) is 188 Å². The van der Waals surface area contributed by atoms with Gasteiger partial charge in [0.05, 0.1) is 11.0 Å². The van der Waals surface area contributed by atoms with E-state index in [0.29, 0.717) is 5.92 Å². The Kier molecular flexibility index (Phi) is 8.30. The van der Waals surface area contributed by atoms with Gasteiger partial charge < -0.3 is 9.47 Å². The quantitative estimate of drug-likeness (QED) is 0.161. The number of benzene rings is 8. The number of fused-ring (bicyclic) bond motifs is 4. The Morgan fingerprint density at radius 2 is 1.04 bits per heavy atom. The van der Waals surface area contributed by atoms with Crippen LogP contribution in [0.25, 0.3) is 60.5 Å². The molecule has 10 rings (SSSR count). The smallest absolute Gasteiger partial charge is 0.0561 e. The number of nitrogens with zero attached hydrogens (tertiary/aromatic N) is 2. The van der Waals surface area contributed by atoms with E-state index >= 15 is 0 Å². The van der Waals surface area contributed by atoms with E-state index in [4.69, 9.17) is 0 Å². The summed E-state index contributed by atoms with van der Waals surface area (Å²) in [6.45, 7) is 0. The second-order valence-electron chi connectivity index (χ2n) is 14.8. The van der Waals surface area contributed by atoms with E-state index < -0.39 is 0 Å². The van der Waals surface area contributed by atoms with Crippen LogP contribution < -0.4 is 4.90 Å². The first-order valence-corrected chi connectivity index (χ1v) is 19.5. The number of aromatic nitrogens is 1. The number of anilines is 3. The molecule has 1 fully saturated rings. The van der Waals surface area contributed by atoms with Crippen molar-refractivity contribution in [3.8, 4) is 27.9 Å². The van der Waals surface area contributed by atoms with Gasteiger partial charge in [0.1, 0.15) is 0 Å². The van der Waals surface area contributed by atoms with Gasteiger partial charge in [0.15, 0.2) is 0 Å². The summed E-state index contributed by atoms with van der Waals surface area (Å²) in [7, 11) is 0. The van der Waals surface area contributed by atoms with Crippen molar-refractivity contribution in [3.05, 3.63) is 194 Å². The van der Waals surface area contributed by atoms with Gasteiger partial charge in [-0.15, -0.1) is 0 Å². The molecule has 260 valence electrons. The lowest BCUT2D eigenvalue weighted by molar-refractivity contribution is 0.443. The van der Waals surface area contributed by atoms with Crippen LogP contribution in [-0.4, -0.2) is 4.57 Å². The van der Waals surface area contributed by atoms with Gasteiger partial charge in [-0.05, 0) is 112 Å². The molecule has 0 unspecified atom stereocenters. The lowest BCUT2D eigenvalue weighted by atomic mass is 9.84. The highest BCUT2D eigenvalue weighted by atomic mass is 15.1. The monoisotopic (exact) mass is 694 g/mol. The molecule has 1 aliphatic rings. The molecule has 1 aromatic heterocycles. The molecule has 0 N–H and O–H groups in total. The van der Waals surface area contributed by atoms with Gasteiger partial charge in [0, 0.05) is 33.5 Å². The van der Waals surface area contributed by atoms with Crippen LogP contribution in [0.4, 0.5) is 17.1 Å². The molecule has 2 nitrogen and oxygen atoms in total. The summed E-state index contributed by atoms with van der Waals surface area (Å²) < 4.78 is 2.41. The highest BCUT2D eigenvalue weighted by Gasteiger charge is 2.20. The van der Waals surface area contributed by atoms with Crippen LogP contribution in [-0.2, 0) is 0 Å². The minimum atomic E-state index is 0.660. The molecule has 0 aliphatic heterocycles. The van der Waals surface area contributed by atoms with Crippen molar-refractivity contribution >= 4 is 49.6 Å². The molecule has 8 aromatic carbocycles. The third-order valence-electron chi connectivity index (χ3n) is 11.6. The van der Waals surface area contributed by atoms with Crippen LogP contribution in [0.5, 0.6) is 0 Å². The summed E-state index contributed by atoms with van der Waals surface area (Å²) >= 11 is 0. The van der Waals surface area contributed by atoms with Crippen molar-refractivity contribution < 1.29 is 0 Å². The summed E-state index contributed by atoms with van der Waals surface area (Å²) in [6.07, 6.45) is 6.62. The van der Waals surface area contributed by atoms with Crippen LogP contribution in [0.3, 0.4) is 0 Å².